The first-order chi connectivity index (χ1) is 13.5. The maximum Gasteiger partial charge on any atom is 0.349 e. The maximum absolute atomic E-state index is 12.1. The average molecular weight is 378 g/mol. The van der Waals surface area contributed by atoms with Gasteiger partial charge >= 0.3 is 11.6 Å². The molecule has 0 atom stereocenters. The Morgan fingerprint density at radius 3 is 2.46 bits per heavy atom. The second kappa shape index (κ2) is 7.31. The van der Waals surface area contributed by atoms with Gasteiger partial charge in [-0.15, -0.1) is 0 Å². The normalized spacial score (nSPS) is 12.6. The Balaban J connectivity index is 1.43. The molecule has 0 saturated carbocycles. The molecule has 4 rings (SSSR count). The molecule has 3 aromatic rings. The van der Waals surface area contributed by atoms with E-state index < -0.39 is 5.97 Å². The number of aryl methyl sites for hydroxylation is 1. The first-order valence-electron chi connectivity index (χ1n) is 9.04. The number of hydrogen-bond donors (Lipinski definition) is 0. The van der Waals surface area contributed by atoms with Gasteiger partial charge < -0.3 is 13.9 Å². The molecule has 2 aromatic carbocycles. The average Bonchev–Trinajstić information content (AvgIpc) is 3.17. The van der Waals surface area contributed by atoms with E-state index in [-0.39, 0.29) is 18.0 Å². The Morgan fingerprint density at radius 1 is 1.00 bits per heavy atom. The predicted octanol–water partition coefficient (Wildman–Crippen LogP) is 3.47. The molecule has 1 aromatic heterocycles. The van der Waals surface area contributed by atoms with E-state index in [1.165, 1.54) is 6.92 Å². The van der Waals surface area contributed by atoms with Gasteiger partial charge in [0.1, 0.15) is 17.1 Å². The van der Waals surface area contributed by atoms with Crippen LogP contribution in [0.4, 0.5) is 0 Å². The molecule has 6 nitrogen and oxygen atoms in total. The quantitative estimate of drug-likeness (QED) is 0.293. The third-order valence-electron chi connectivity index (χ3n) is 4.79. The van der Waals surface area contributed by atoms with Crippen molar-refractivity contribution in [3.05, 3.63) is 69.6 Å². The fraction of sp³-hybridized carbons (Fsp3) is 0.227. The standard InChI is InChI=1S/C22H18O6/c1-13(23)14-5-7-15(8-6-14)27-21(24)12-26-16-9-10-18-17-3-2-4-19(17)22(25)28-20(18)11-16/h5-11H,2-4,12H2,1H3. The summed E-state index contributed by atoms with van der Waals surface area (Å²) in [4.78, 5) is 35.3. The van der Waals surface area contributed by atoms with Gasteiger partial charge in [-0.05, 0) is 68.1 Å². The highest BCUT2D eigenvalue weighted by Crippen LogP contribution is 2.29. The van der Waals surface area contributed by atoms with Crippen molar-refractivity contribution < 1.29 is 23.5 Å². The van der Waals surface area contributed by atoms with E-state index in [0.717, 1.165) is 35.8 Å². The van der Waals surface area contributed by atoms with E-state index in [2.05, 4.69) is 0 Å². The molecule has 0 unspecified atom stereocenters. The van der Waals surface area contributed by atoms with Gasteiger partial charge in [0.05, 0.1) is 0 Å². The molecular weight excluding hydrogens is 360 g/mol. The van der Waals surface area contributed by atoms with Crippen LogP contribution in [0.5, 0.6) is 11.5 Å². The lowest BCUT2D eigenvalue weighted by atomic mass is 10.1. The monoisotopic (exact) mass is 378 g/mol. The summed E-state index contributed by atoms with van der Waals surface area (Å²) in [6.07, 6.45) is 2.58. The van der Waals surface area contributed by atoms with Crippen LogP contribution >= 0.6 is 0 Å². The summed E-state index contributed by atoms with van der Waals surface area (Å²) in [5.74, 6) is 0.108. The SMILES string of the molecule is CC(=O)c1ccc(OC(=O)COc2ccc3c4c(c(=O)oc3c2)CCC4)cc1. The zero-order valence-electron chi connectivity index (χ0n) is 15.3. The molecule has 0 aliphatic heterocycles. The lowest BCUT2D eigenvalue weighted by molar-refractivity contribution is -0.136. The lowest BCUT2D eigenvalue weighted by Crippen LogP contribution is -2.17. The van der Waals surface area contributed by atoms with Crippen molar-refractivity contribution >= 4 is 22.7 Å². The van der Waals surface area contributed by atoms with Crippen LogP contribution < -0.4 is 15.1 Å². The molecular formula is C22H18O6. The van der Waals surface area contributed by atoms with Gasteiger partial charge in [-0.3, -0.25) is 4.79 Å². The highest BCUT2D eigenvalue weighted by molar-refractivity contribution is 5.94. The fourth-order valence-corrected chi connectivity index (χ4v) is 3.41. The molecule has 1 aliphatic rings. The molecule has 0 spiro atoms. The number of rotatable bonds is 5. The van der Waals surface area contributed by atoms with Crippen LogP contribution in [0.15, 0.2) is 51.7 Å². The van der Waals surface area contributed by atoms with Crippen molar-refractivity contribution in [1.82, 2.24) is 0 Å². The van der Waals surface area contributed by atoms with Gasteiger partial charge in [-0.25, -0.2) is 9.59 Å². The number of carbonyl (C=O) groups excluding carboxylic acids is 2. The van der Waals surface area contributed by atoms with Crippen molar-refractivity contribution in [3.8, 4) is 11.5 Å². The number of esters is 1. The molecule has 142 valence electrons. The highest BCUT2D eigenvalue weighted by atomic mass is 16.6. The van der Waals surface area contributed by atoms with Crippen molar-refractivity contribution in [1.29, 1.82) is 0 Å². The molecule has 0 amide bonds. The Bertz CT molecular complexity index is 1120. The van der Waals surface area contributed by atoms with Crippen LogP contribution in [0, 0.1) is 0 Å². The van der Waals surface area contributed by atoms with Crippen molar-refractivity contribution in [2.45, 2.75) is 26.2 Å². The Labute approximate surface area is 160 Å². The third-order valence-corrected chi connectivity index (χ3v) is 4.79. The molecule has 0 N–H and O–H groups in total. The van der Waals surface area contributed by atoms with Gasteiger partial charge in [-0.1, -0.05) is 0 Å². The topological polar surface area (TPSA) is 82.8 Å². The largest absolute Gasteiger partial charge is 0.482 e. The molecule has 0 radical (unpaired) electrons. The number of carbonyl (C=O) groups is 2. The zero-order chi connectivity index (χ0) is 19.7. The molecule has 1 heterocycles. The Hall–Kier alpha value is -3.41. The summed E-state index contributed by atoms with van der Waals surface area (Å²) in [7, 11) is 0. The van der Waals surface area contributed by atoms with Crippen molar-refractivity contribution in [2.75, 3.05) is 6.61 Å². The number of fused-ring (bicyclic) bond motifs is 3. The van der Waals surface area contributed by atoms with Crippen molar-refractivity contribution in [3.63, 3.8) is 0 Å². The van der Waals surface area contributed by atoms with Crippen LogP contribution in [0.25, 0.3) is 11.0 Å². The van der Waals surface area contributed by atoms with E-state index in [0.29, 0.717) is 22.6 Å². The number of hydrogen-bond acceptors (Lipinski definition) is 6. The second-order valence-corrected chi connectivity index (χ2v) is 6.70. The van der Waals surface area contributed by atoms with E-state index in [4.69, 9.17) is 13.9 Å². The van der Waals surface area contributed by atoms with E-state index in [9.17, 15) is 14.4 Å². The van der Waals surface area contributed by atoms with Gasteiger partial charge in [0.15, 0.2) is 12.4 Å². The van der Waals surface area contributed by atoms with Gasteiger partial charge in [0.25, 0.3) is 0 Å². The molecule has 0 bridgehead atoms. The number of Topliss-reactive ketones (excluding diaryl/α,β-unsaturated/α-hetero) is 1. The number of benzene rings is 2. The minimum absolute atomic E-state index is 0.0604. The molecule has 1 aliphatic carbocycles. The molecule has 6 heteroatoms. The lowest BCUT2D eigenvalue weighted by Gasteiger charge is -2.09. The third kappa shape index (κ3) is 3.53. The zero-order valence-corrected chi connectivity index (χ0v) is 15.3. The smallest absolute Gasteiger partial charge is 0.349 e. The first-order valence-corrected chi connectivity index (χ1v) is 9.04. The van der Waals surface area contributed by atoms with Crippen LogP contribution in [0.2, 0.25) is 0 Å². The summed E-state index contributed by atoms with van der Waals surface area (Å²) in [6, 6.07) is 11.5. The Morgan fingerprint density at radius 2 is 1.71 bits per heavy atom. The van der Waals surface area contributed by atoms with Gasteiger partial charge in [0, 0.05) is 22.6 Å². The van der Waals surface area contributed by atoms with Crippen LogP contribution in [0.3, 0.4) is 0 Å². The summed E-state index contributed by atoms with van der Waals surface area (Å²) < 4.78 is 16.1. The fourth-order valence-electron chi connectivity index (χ4n) is 3.41. The van der Waals surface area contributed by atoms with E-state index >= 15 is 0 Å². The Kier molecular flexibility index (Phi) is 4.69. The maximum atomic E-state index is 12.1. The number of ether oxygens (including phenoxy) is 2. The summed E-state index contributed by atoms with van der Waals surface area (Å²) >= 11 is 0. The summed E-state index contributed by atoms with van der Waals surface area (Å²) in [5, 5.41) is 0.910. The van der Waals surface area contributed by atoms with Gasteiger partial charge in [-0.2, -0.15) is 0 Å². The van der Waals surface area contributed by atoms with Crippen molar-refractivity contribution in [2.24, 2.45) is 0 Å². The van der Waals surface area contributed by atoms with E-state index in [1.807, 2.05) is 6.07 Å². The molecule has 0 saturated heterocycles. The molecule has 28 heavy (non-hydrogen) atoms. The predicted molar refractivity (Wildman–Crippen MR) is 102 cm³/mol. The minimum Gasteiger partial charge on any atom is -0.482 e. The highest BCUT2D eigenvalue weighted by Gasteiger charge is 2.19. The number of ketones is 1. The molecule has 0 fully saturated rings. The van der Waals surface area contributed by atoms with Gasteiger partial charge in [0.2, 0.25) is 0 Å². The summed E-state index contributed by atoms with van der Waals surface area (Å²) in [5.41, 5.74) is 2.51. The van der Waals surface area contributed by atoms with Crippen LogP contribution in [0.1, 0.15) is 34.8 Å². The first kappa shape index (κ1) is 18.0. The van der Waals surface area contributed by atoms with Crippen LogP contribution in [-0.2, 0) is 17.6 Å². The minimum atomic E-state index is -0.578. The second-order valence-electron chi connectivity index (χ2n) is 6.70. The summed E-state index contributed by atoms with van der Waals surface area (Å²) in [6.45, 7) is 1.17. The van der Waals surface area contributed by atoms with Crippen LogP contribution in [-0.4, -0.2) is 18.4 Å². The van der Waals surface area contributed by atoms with E-state index in [1.54, 1.807) is 36.4 Å².